The first-order valence-electron chi connectivity index (χ1n) is 9.29. The quantitative estimate of drug-likeness (QED) is 0.444. The molecule has 0 atom stereocenters. The normalized spacial score (nSPS) is 10.1. The van der Waals surface area contributed by atoms with Crippen LogP contribution in [0.4, 0.5) is 5.69 Å². The Morgan fingerprint density at radius 1 is 0.839 bits per heavy atom. The van der Waals surface area contributed by atoms with Crippen LogP contribution < -0.4 is 14.8 Å². The number of carbonyl (C=O) groups excluding carboxylic acids is 1. The molecule has 8 heteroatoms. The first-order valence-corrected chi connectivity index (χ1v) is 9.29. The van der Waals surface area contributed by atoms with Gasteiger partial charge in [-0.3, -0.25) is 4.79 Å². The molecule has 31 heavy (non-hydrogen) atoms. The minimum atomic E-state index is -0.210. The van der Waals surface area contributed by atoms with Crippen LogP contribution in [-0.2, 0) is 13.2 Å². The van der Waals surface area contributed by atoms with E-state index in [1.54, 1.807) is 36.4 Å². The lowest BCUT2D eigenvalue weighted by Crippen LogP contribution is -2.11. The number of H-pyrrole nitrogens is 1. The van der Waals surface area contributed by atoms with Crippen LogP contribution in [0.3, 0.4) is 0 Å². The van der Waals surface area contributed by atoms with Gasteiger partial charge >= 0.3 is 0 Å². The highest BCUT2D eigenvalue weighted by Crippen LogP contribution is 2.19. The molecular formula is C23H23N5O3. The summed E-state index contributed by atoms with van der Waals surface area (Å²) in [6.07, 6.45) is 0. The molecule has 158 valence electrons. The predicted molar refractivity (Wildman–Crippen MR) is 117 cm³/mol. The van der Waals surface area contributed by atoms with Crippen molar-refractivity contribution in [3.63, 3.8) is 0 Å². The monoisotopic (exact) mass is 417 g/mol. The number of anilines is 1. The third kappa shape index (κ3) is 6.14. The van der Waals surface area contributed by atoms with Crippen LogP contribution in [0.1, 0.15) is 29.2 Å². The third-order valence-electron chi connectivity index (χ3n) is 4.23. The molecule has 1 heterocycles. The van der Waals surface area contributed by atoms with Crippen LogP contribution in [0.2, 0.25) is 0 Å². The lowest BCUT2D eigenvalue weighted by atomic mass is 10.2. The summed E-state index contributed by atoms with van der Waals surface area (Å²) < 4.78 is 11.3. The fraction of sp³-hybridized carbons (Fsp3) is 0.130. The molecule has 0 bridgehead atoms. The molecule has 0 unspecified atom stereocenters. The van der Waals surface area contributed by atoms with Crippen LogP contribution in [0.25, 0.3) is 0 Å². The Morgan fingerprint density at radius 2 is 1.48 bits per heavy atom. The van der Waals surface area contributed by atoms with E-state index in [-0.39, 0.29) is 19.9 Å². The molecule has 1 amide bonds. The Morgan fingerprint density at radius 3 is 2.13 bits per heavy atom. The number of hydrogen-bond donors (Lipinski definition) is 2. The Hall–Kier alpha value is -4.20. The predicted octanol–water partition coefficient (Wildman–Crippen LogP) is 4.25. The highest BCUT2D eigenvalue weighted by molar-refractivity contribution is 6.04. The van der Waals surface area contributed by atoms with Crippen molar-refractivity contribution in [2.45, 2.75) is 20.6 Å². The number of aromatic nitrogens is 4. The zero-order valence-corrected chi connectivity index (χ0v) is 16.0. The summed E-state index contributed by atoms with van der Waals surface area (Å²) in [6.45, 7) is 0.689. The topological polar surface area (TPSA) is 102 Å². The number of carbonyl (C=O) groups is 1. The summed E-state index contributed by atoms with van der Waals surface area (Å²) in [5.41, 5.74) is 2.30. The van der Waals surface area contributed by atoms with Gasteiger partial charge in [0.05, 0.1) is 0 Å². The van der Waals surface area contributed by atoms with Gasteiger partial charge in [-0.2, -0.15) is 5.21 Å². The van der Waals surface area contributed by atoms with Crippen LogP contribution in [0.15, 0.2) is 78.9 Å². The van der Waals surface area contributed by atoms with E-state index in [9.17, 15) is 4.79 Å². The molecule has 0 spiro atoms. The molecule has 3 aromatic carbocycles. The number of amides is 1. The van der Waals surface area contributed by atoms with Crippen molar-refractivity contribution in [2.75, 3.05) is 5.32 Å². The van der Waals surface area contributed by atoms with Crippen molar-refractivity contribution in [3.8, 4) is 11.5 Å². The Balaban J connectivity index is 0.00000272. The molecule has 8 nitrogen and oxygen atoms in total. The third-order valence-corrected chi connectivity index (χ3v) is 4.23. The van der Waals surface area contributed by atoms with Gasteiger partial charge in [0.2, 0.25) is 5.82 Å². The SMILES string of the molecule is C.O=C(Nc1ccc(OCc2ccccc2)cc1)c1ccc(OCc2nn[nH]n2)cc1. The van der Waals surface area contributed by atoms with Gasteiger partial charge in [0.15, 0.2) is 6.61 Å². The molecule has 2 N–H and O–H groups in total. The van der Waals surface area contributed by atoms with Crippen LogP contribution in [0.5, 0.6) is 11.5 Å². The smallest absolute Gasteiger partial charge is 0.255 e. The maximum atomic E-state index is 12.5. The molecule has 4 rings (SSSR count). The van der Waals surface area contributed by atoms with Crippen LogP contribution in [-0.4, -0.2) is 26.5 Å². The Bertz CT molecular complexity index is 1070. The number of benzene rings is 3. The van der Waals surface area contributed by atoms with E-state index in [0.717, 1.165) is 11.3 Å². The van der Waals surface area contributed by atoms with Gasteiger partial charge in [-0.05, 0) is 54.1 Å². The van der Waals surface area contributed by atoms with Crippen molar-refractivity contribution in [1.29, 1.82) is 0 Å². The van der Waals surface area contributed by atoms with Crippen LogP contribution >= 0.6 is 0 Å². The van der Waals surface area contributed by atoms with E-state index in [1.165, 1.54) is 0 Å². The van der Waals surface area contributed by atoms with Gasteiger partial charge in [0.1, 0.15) is 18.1 Å². The lowest BCUT2D eigenvalue weighted by Gasteiger charge is -2.09. The fourth-order valence-electron chi connectivity index (χ4n) is 2.67. The number of aromatic amines is 1. The van der Waals surface area contributed by atoms with E-state index >= 15 is 0 Å². The minimum absolute atomic E-state index is 0. The Labute approximate surface area is 180 Å². The van der Waals surface area contributed by atoms with Gasteiger partial charge in [0.25, 0.3) is 5.91 Å². The zero-order chi connectivity index (χ0) is 20.6. The van der Waals surface area contributed by atoms with E-state index in [2.05, 4.69) is 25.9 Å². The molecule has 0 aliphatic carbocycles. The Kier molecular flexibility index (Phi) is 7.31. The summed E-state index contributed by atoms with van der Waals surface area (Å²) in [7, 11) is 0. The summed E-state index contributed by atoms with van der Waals surface area (Å²) in [5, 5.41) is 16.3. The van der Waals surface area contributed by atoms with Gasteiger partial charge in [-0.15, -0.1) is 10.2 Å². The maximum absolute atomic E-state index is 12.5. The van der Waals surface area contributed by atoms with Crippen LogP contribution in [0, 0.1) is 0 Å². The first kappa shape index (κ1) is 21.5. The standard InChI is InChI=1S/C22H19N5O3.CH4/c28-22(17-6-10-19(11-7-17)30-15-21-24-26-27-25-21)23-18-8-12-20(13-9-18)29-14-16-4-2-1-3-5-16;/h1-13H,14-15H2,(H,23,28)(H,24,25,26,27);1H4. The van der Waals surface area contributed by atoms with Gasteiger partial charge in [-0.25, -0.2) is 0 Å². The first-order chi connectivity index (χ1) is 14.8. The fourth-order valence-corrected chi connectivity index (χ4v) is 2.67. The lowest BCUT2D eigenvalue weighted by molar-refractivity contribution is 0.102. The maximum Gasteiger partial charge on any atom is 0.255 e. The summed E-state index contributed by atoms with van der Waals surface area (Å²) in [5.74, 6) is 1.59. The summed E-state index contributed by atoms with van der Waals surface area (Å²) in [4.78, 5) is 12.5. The van der Waals surface area contributed by atoms with Crippen molar-refractivity contribution in [2.24, 2.45) is 0 Å². The number of nitrogens with zero attached hydrogens (tertiary/aromatic N) is 3. The van der Waals surface area contributed by atoms with Crippen molar-refractivity contribution in [3.05, 3.63) is 95.8 Å². The minimum Gasteiger partial charge on any atom is -0.489 e. The molecule has 0 aliphatic heterocycles. The molecule has 0 aliphatic rings. The summed E-state index contributed by atoms with van der Waals surface area (Å²) in [6, 6.07) is 24.0. The number of nitrogens with one attached hydrogen (secondary N) is 2. The molecule has 0 fully saturated rings. The van der Waals surface area contributed by atoms with E-state index in [1.807, 2.05) is 42.5 Å². The average Bonchev–Trinajstić information content (AvgIpc) is 3.32. The van der Waals surface area contributed by atoms with Gasteiger partial charge in [0, 0.05) is 11.3 Å². The van der Waals surface area contributed by atoms with E-state index in [0.29, 0.717) is 29.4 Å². The van der Waals surface area contributed by atoms with Crippen molar-refractivity contribution < 1.29 is 14.3 Å². The van der Waals surface area contributed by atoms with E-state index < -0.39 is 0 Å². The number of ether oxygens (including phenoxy) is 2. The average molecular weight is 417 g/mol. The second-order valence-electron chi connectivity index (χ2n) is 6.39. The largest absolute Gasteiger partial charge is 0.489 e. The molecular weight excluding hydrogens is 394 g/mol. The zero-order valence-electron chi connectivity index (χ0n) is 16.0. The second kappa shape index (κ2) is 10.5. The number of tetrazole rings is 1. The molecule has 0 radical (unpaired) electrons. The second-order valence-corrected chi connectivity index (χ2v) is 6.39. The molecule has 0 saturated heterocycles. The summed E-state index contributed by atoms with van der Waals surface area (Å²) >= 11 is 0. The molecule has 0 saturated carbocycles. The van der Waals surface area contributed by atoms with Crippen molar-refractivity contribution in [1.82, 2.24) is 20.6 Å². The van der Waals surface area contributed by atoms with Gasteiger partial charge < -0.3 is 14.8 Å². The van der Waals surface area contributed by atoms with Crippen molar-refractivity contribution >= 4 is 11.6 Å². The number of hydrogen-bond acceptors (Lipinski definition) is 6. The van der Waals surface area contributed by atoms with E-state index in [4.69, 9.17) is 9.47 Å². The van der Waals surface area contributed by atoms with Gasteiger partial charge in [-0.1, -0.05) is 43.0 Å². The molecule has 1 aromatic heterocycles. The highest BCUT2D eigenvalue weighted by atomic mass is 16.5. The number of rotatable bonds is 8. The highest BCUT2D eigenvalue weighted by Gasteiger charge is 2.07. The molecule has 4 aromatic rings.